The van der Waals surface area contributed by atoms with Crippen LogP contribution in [0.25, 0.3) is 0 Å². The van der Waals surface area contributed by atoms with Crippen molar-refractivity contribution in [1.29, 1.82) is 0 Å². The summed E-state index contributed by atoms with van der Waals surface area (Å²) in [5, 5.41) is 3.09. The fourth-order valence-electron chi connectivity index (χ4n) is 3.20. The molecule has 126 valence electrons. The Morgan fingerprint density at radius 2 is 1.62 bits per heavy atom. The van der Waals surface area contributed by atoms with Crippen LogP contribution in [0, 0.1) is 0 Å². The maximum atomic E-state index is 12.6. The topological polar surface area (TPSA) is 32.3 Å². The number of rotatable bonds is 4. The van der Waals surface area contributed by atoms with Crippen LogP contribution in [0.4, 0.5) is 11.4 Å². The summed E-state index contributed by atoms with van der Waals surface area (Å²) in [6.45, 7) is 6.44. The molecule has 0 aromatic heterocycles. The van der Waals surface area contributed by atoms with Crippen LogP contribution in [-0.4, -0.2) is 19.0 Å². The number of amides is 1. The molecule has 1 aliphatic heterocycles. The Kier molecular flexibility index (Phi) is 5.19. The van der Waals surface area contributed by atoms with Gasteiger partial charge in [-0.3, -0.25) is 4.79 Å². The molecule has 0 unspecified atom stereocenters. The highest BCUT2D eigenvalue weighted by atomic mass is 16.1. The van der Waals surface area contributed by atoms with E-state index < -0.39 is 0 Å². The van der Waals surface area contributed by atoms with Crippen molar-refractivity contribution in [1.82, 2.24) is 0 Å². The molecule has 0 bridgehead atoms. The normalized spacial score (nSPS) is 14.7. The van der Waals surface area contributed by atoms with E-state index in [9.17, 15) is 4.79 Å². The molecule has 2 aromatic rings. The first-order chi connectivity index (χ1) is 11.6. The fourth-order valence-corrected chi connectivity index (χ4v) is 3.20. The fraction of sp³-hybridized carbons (Fsp3) is 0.381. The minimum Gasteiger partial charge on any atom is -0.370 e. The molecular formula is C21H26N2O. The molecule has 3 heteroatoms. The van der Waals surface area contributed by atoms with E-state index in [4.69, 9.17) is 0 Å². The van der Waals surface area contributed by atoms with Crippen LogP contribution in [0.2, 0.25) is 0 Å². The standard InChI is InChI=1S/C21H26N2O/c1-16(2)17-10-12-18(13-11-17)21(24)22-19-8-4-5-9-20(19)23-14-6-3-7-15-23/h4-5,8-13,16H,3,6-7,14-15H2,1-2H3,(H,22,24). The van der Waals surface area contributed by atoms with Crippen LogP contribution in [-0.2, 0) is 0 Å². The quantitative estimate of drug-likeness (QED) is 0.854. The smallest absolute Gasteiger partial charge is 0.255 e. The van der Waals surface area contributed by atoms with Gasteiger partial charge in [-0.1, -0.05) is 38.1 Å². The lowest BCUT2D eigenvalue weighted by molar-refractivity contribution is 0.102. The molecule has 1 fully saturated rings. The number of benzene rings is 2. The minimum absolute atomic E-state index is 0.0465. The second-order valence-corrected chi connectivity index (χ2v) is 6.80. The Bertz CT molecular complexity index is 685. The lowest BCUT2D eigenvalue weighted by atomic mass is 10.0. The van der Waals surface area contributed by atoms with Crippen molar-refractivity contribution in [2.45, 2.75) is 39.0 Å². The Morgan fingerprint density at radius 3 is 2.29 bits per heavy atom. The molecule has 1 amide bonds. The van der Waals surface area contributed by atoms with Crippen molar-refractivity contribution in [3.05, 3.63) is 59.7 Å². The Labute approximate surface area is 144 Å². The van der Waals surface area contributed by atoms with Crippen molar-refractivity contribution in [3.8, 4) is 0 Å². The van der Waals surface area contributed by atoms with E-state index >= 15 is 0 Å². The highest BCUT2D eigenvalue weighted by molar-refractivity contribution is 6.06. The molecule has 3 rings (SSSR count). The van der Waals surface area contributed by atoms with E-state index in [1.807, 2.05) is 42.5 Å². The summed E-state index contributed by atoms with van der Waals surface area (Å²) in [5.74, 6) is 0.428. The van der Waals surface area contributed by atoms with Crippen LogP contribution in [0.15, 0.2) is 48.5 Å². The van der Waals surface area contributed by atoms with Gasteiger partial charge in [0.25, 0.3) is 5.91 Å². The van der Waals surface area contributed by atoms with Crippen molar-refractivity contribution >= 4 is 17.3 Å². The second kappa shape index (κ2) is 7.52. The molecule has 0 aliphatic carbocycles. The Morgan fingerprint density at radius 1 is 0.958 bits per heavy atom. The molecule has 1 N–H and O–H groups in total. The van der Waals surface area contributed by atoms with Gasteiger partial charge in [0.1, 0.15) is 0 Å². The lowest BCUT2D eigenvalue weighted by Crippen LogP contribution is -2.30. The first-order valence-electron chi connectivity index (χ1n) is 8.90. The average Bonchev–Trinajstić information content (AvgIpc) is 2.63. The number of nitrogens with one attached hydrogen (secondary N) is 1. The van der Waals surface area contributed by atoms with Crippen molar-refractivity contribution in [2.24, 2.45) is 0 Å². The summed E-state index contributed by atoms with van der Waals surface area (Å²) >= 11 is 0. The third-order valence-corrected chi connectivity index (χ3v) is 4.69. The van der Waals surface area contributed by atoms with E-state index in [0.29, 0.717) is 11.5 Å². The van der Waals surface area contributed by atoms with Gasteiger partial charge in [-0.2, -0.15) is 0 Å². The molecule has 1 aliphatic rings. The zero-order valence-corrected chi connectivity index (χ0v) is 14.6. The minimum atomic E-state index is -0.0465. The number of carbonyl (C=O) groups excluding carboxylic acids is 1. The highest BCUT2D eigenvalue weighted by Gasteiger charge is 2.16. The van der Waals surface area contributed by atoms with Gasteiger partial charge in [-0.15, -0.1) is 0 Å². The van der Waals surface area contributed by atoms with E-state index in [1.54, 1.807) is 0 Å². The van der Waals surface area contributed by atoms with E-state index in [0.717, 1.165) is 24.5 Å². The number of hydrogen-bond acceptors (Lipinski definition) is 2. The molecule has 0 saturated carbocycles. The van der Waals surface area contributed by atoms with Gasteiger partial charge < -0.3 is 10.2 Å². The van der Waals surface area contributed by atoms with Gasteiger partial charge in [0.15, 0.2) is 0 Å². The summed E-state index contributed by atoms with van der Waals surface area (Å²) < 4.78 is 0. The number of para-hydroxylation sites is 2. The Hall–Kier alpha value is -2.29. The van der Waals surface area contributed by atoms with Gasteiger partial charge in [0.05, 0.1) is 11.4 Å². The molecule has 1 saturated heterocycles. The number of anilines is 2. The predicted octanol–water partition coefficient (Wildman–Crippen LogP) is 5.05. The first kappa shape index (κ1) is 16.6. The zero-order chi connectivity index (χ0) is 16.9. The van der Waals surface area contributed by atoms with Crippen LogP contribution in [0.1, 0.15) is 54.9 Å². The van der Waals surface area contributed by atoms with Crippen LogP contribution >= 0.6 is 0 Å². The van der Waals surface area contributed by atoms with Gasteiger partial charge in [-0.25, -0.2) is 0 Å². The summed E-state index contributed by atoms with van der Waals surface area (Å²) in [4.78, 5) is 15.0. The summed E-state index contributed by atoms with van der Waals surface area (Å²) in [5.41, 5.74) is 3.98. The first-order valence-corrected chi connectivity index (χ1v) is 8.90. The highest BCUT2D eigenvalue weighted by Crippen LogP contribution is 2.28. The molecule has 0 atom stereocenters. The van der Waals surface area contributed by atoms with Gasteiger partial charge in [0.2, 0.25) is 0 Å². The van der Waals surface area contributed by atoms with Crippen molar-refractivity contribution < 1.29 is 4.79 Å². The Balaban J connectivity index is 1.76. The second-order valence-electron chi connectivity index (χ2n) is 6.80. The molecule has 0 radical (unpaired) electrons. The third-order valence-electron chi connectivity index (χ3n) is 4.69. The summed E-state index contributed by atoms with van der Waals surface area (Å²) in [6.07, 6.45) is 3.74. The monoisotopic (exact) mass is 322 g/mol. The third kappa shape index (κ3) is 3.78. The lowest BCUT2D eigenvalue weighted by Gasteiger charge is -2.30. The maximum absolute atomic E-state index is 12.6. The molecule has 1 heterocycles. The largest absolute Gasteiger partial charge is 0.370 e. The van der Waals surface area contributed by atoms with E-state index in [2.05, 4.69) is 30.1 Å². The summed E-state index contributed by atoms with van der Waals surface area (Å²) in [6, 6.07) is 16.0. The number of piperidine rings is 1. The van der Waals surface area contributed by atoms with Gasteiger partial charge in [0, 0.05) is 18.7 Å². The maximum Gasteiger partial charge on any atom is 0.255 e. The molecule has 0 spiro atoms. The number of hydrogen-bond donors (Lipinski definition) is 1. The number of carbonyl (C=O) groups is 1. The summed E-state index contributed by atoms with van der Waals surface area (Å²) in [7, 11) is 0. The molecule has 24 heavy (non-hydrogen) atoms. The zero-order valence-electron chi connectivity index (χ0n) is 14.6. The van der Waals surface area contributed by atoms with Crippen LogP contribution < -0.4 is 10.2 Å². The predicted molar refractivity (Wildman–Crippen MR) is 101 cm³/mol. The van der Waals surface area contributed by atoms with Crippen molar-refractivity contribution in [2.75, 3.05) is 23.3 Å². The van der Waals surface area contributed by atoms with E-state index in [-0.39, 0.29) is 5.91 Å². The SMILES string of the molecule is CC(C)c1ccc(C(=O)Nc2ccccc2N2CCCCC2)cc1. The van der Waals surface area contributed by atoms with Crippen LogP contribution in [0.5, 0.6) is 0 Å². The molecule has 3 nitrogen and oxygen atoms in total. The molecule has 2 aromatic carbocycles. The molecular weight excluding hydrogens is 296 g/mol. The van der Waals surface area contributed by atoms with Crippen LogP contribution in [0.3, 0.4) is 0 Å². The van der Waals surface area contributed by atoms with Crippen molar-refractivity contribution in [3.63, 3.8) is 0 Å². The van der Waals surface area contributed by atoms with Gasteiger partial charge in [-0.05, 0) is 55.0 Å². The number of nitrogens with zero attached hydrogens (tertiary/aromatic N) is 1. The van der Waals surface area contributed by atoms with E-state index in [1.165, 1.54) is 24.8 Å². The average molecular weight is 322 g/mol. The van der Waals surface area contributed by atoms with Gasteiger partial charge >= 0.3 is 0 Å².